The lowest BCUT2D eigenvalue weighted by Crippen LogP contribution is -2.37. The summed E-state index contributed by atoms with van der Waals surface area (Å²) in [5.41, 5.74) is 0.424. The van der Waals surface area contributed by atoms with Gasteiger partial charge in [-0.15, -0.1) is 0 Å². The van der Waals surface area contributed by atoms with Gasteiger partial charge in [-0.3, -0.25) is 9.69 Å². The van der Waals surface area contributed by atoms with E-state index in [9.17, 15) is 18.0 Å². The fourth-order valence-electron chi connectivity index (χ4n) is 3.25. The van der Waals surface area contributed by atoms with Crippen LogP contribution in [-0.2, 0) is 19.3 Å². The van der Waals surface area contributed by atoms with Gasteiger partial charge in [0.05, 0.1) is 5.69 Å². The Morgan fingerprint density at radius 2 is 1.92 bits per heavy atom. The third-order valence-corrected chi connectivity index (χ3v) is 4.86. The van der Waals surface area contributed by atoms with Gasteiger partial charge in [0.15, 0.2) is 5.69 Å². The van der Waals surface area contributed by atoms with Crippen molar-refractivity contribution in [3.63, 3.8) is 0 Å². The van der Waals surface area contributed by atoms with Gasteiger partial charge in [0.25, 0.3) is 5.56 Å². The summed E-state index contributed by atoms with van der Waals surface area (Å²) in [4.78, 5) is 14.1. The van der Waals surface area contributed by atoms with Crippen LogP contribution in [0.4, 0.5) is 13.2 Å². The minimum absolute atomic E-state index is 0.129. The second-order valence-corrected chi connectivity index (χ2v) is 6.76. The van der Waals surface area contributed by atoms with Gasteiger partial charge in [0, 0.05) is 24.7 Å². The molecule has 0 N–H and O–H groups in total. The van der Waals surface area contributed by atoms with Crippen molar-refractivity contribution in [3.8, 4) is 0 Å². The summed E-state index contributed by atoms with van der Waals surface area (Å²) in [6.07, 6.45) is -2.95. The van der Waals surface area contributed by atoms with Gasteiger partial charge >= 0.3 is 6.18 Å². The summed E-state index contributed by atoms with van der Waals surface area (Å²) in [5.74, 6) is 0.939. The number of piperidine rings is 1. The monoisotopic (exact) mass is 370 g/mol. The number of aromatic nitrogens is 3. The fourth-order valence-corrected chi connectivity index (χ4v) is 3.25. The zero-order valence-electron chi connectivity index (χ0n) is 14.7. The van der Waals surface area contributed by atoms with Gasteiger partial charge < -0.3 is 4.52 Å². The van der Waals surface area contributed by atoms with Crippen molar-refractivity contribution >= 4 is 0 Å². The summed E-state index contributed by atoms with van der Waals surface area (Å²) in [6.45, 7) is 6.36. The third kappa shape index (κ3) is 4.14. The molecule has 3 rings (SSSR count). The Balaban J connectivity index is 1.60. The van der Waals surface area contributed by atoms with Crippen molar-refractivity contribution in [2.24, 2.45) is 5.92 Å². The molecule has 0 unspecified atom stereocenters. The number of halogens is 3. The standard InChI is InChI=1S/C17H21F3N4O2/c1-11-14(12(2)26-22-11)10-23-7-5-13(6-8-23)9-24-16(25)4-3-15(21-24)17(18,19)20/h3-4,13H,5-10H2,1-2H3. The molecule has 0 atom stereocenters. The summed E-state index contributed by atoms with van der Waals surface area (Å²) >= 11 is 0. The van der Waals surface area contributed by atoms with E-state index in [0.717, 1.165) is 66.3 Å². The minimum Gasteiger partial charge on any atom is -0.361 e. The maximum Gasteiger partial charge on any atom is 0.435 e. The summed E-state index contributed by atoms with van der Waals surface area (Å²) < 4.78 is 44.4. The van der Waals surface area contributed by atoms with Crippen LogP contribution in [0.5, 0.6) is 0 Å². The molecule has 9 heteroatoms. The molecule has 0 aliphatic carbocycles. The van der Waals surface area contributed by atoms with E-state index in [4.69, 9.17) is 4.52 Å². The second-order valence-electron chi connectivity index (χ2n) is 6.76. The van der Waals surface area contributed by atoms with Crippen LogP contribution in [0.25, 0.3) is 0 Å². The average Bonchev–Trinajstić information content (AvgIpc) is 2.89. The molecule has 2 aromatic rings. The highest BCUT2D eigenvalue weighted by atomic mass is 19.4. The highest BCUT2D eigenvalue weighted by molar-refractivity contribution is 5.20. The molecule has 1 aliphatic heterocycles. The minimum atomic E-state index is -4.55. The Morgan fingerprint density at radius 1 is 1.23 bits per heavy atom. The van der Waals surface area contributed by atoms with E-state index < -0.39 is 17.4 Å². The lowest BCUT2D eigenvalue weighted by atomic mass is 9.96. The molecule has 1 fully saturated rings. The van der Waals surface area contributed by atoms with E-state index in [1.807, 2.05) is 13.8 Å². The molecule has 142 valence electrons. The van der Waals surface area contributed by atoms with Crippen LogP contribution in [0.1, 0.15) is 35.6 Å². The topological polar surface area (TPSA) is 64.2 Å². The molecular formula is C17H21F3N4O2. The molecule has 0 radical (unpaired) electrons. The molecule has 1 saturated heterocycles. The van der Waals surface area contributed by atoms with Crippen LogP contribution in [0.15, 0.2) is 21.5 Å². The molecule has 0 spiro atoms. The van der Waals surface area contributed by atoms with Crippen molar-refractivity contribution < 1.29 is 17.7 Å². The van der Waals surface area contributed by atoms with Gasteiger partial charge in [-0.25, -0.2) is 4.68 Å². The SMILES string of the molecule is Cc1noc(C)c1CN1CCC(Cn2nc(C(F)(F)F)ccc2=O)CC1. The molecule has 6 nitrogen and oxygen atoms in total. The Hall–Kier alpha value is -2.16. The molecule has 0 saturated carbocycles. The number of rotatable bonds is 4. The lowest BCUT2D eigenvalue weighted by Gasteiger charge is -2.31. The van der Waals surface area contributed by atoms with E-state index in [1.54, 1.807) is 0 Å². The van der Waals surface area contributed by atoms with Gasteiger partial charge in [0.2, 0.25) is 0 Å². The number of hydrogen-bond donors (Lipinski definition) is 0. The normalized spacial score (nSPS) is 17.0. The van der Waals surface area contributed by atoms with Crippen LogP contribution in [0, 0.1) is 19.8 Å². The molecule has 1 aliphatic rings. The van der Waals surface area contributed by atoms with Crippen LogP contribution in [0.2, 0.25) is 0 Å². The predicted octanol–water partition coefficient (Wildman–Crippen LogP) is 2.78. The van der Waals surface area contributed by atoms with Crippen molar-refractivity contribution in [2.75, 3.05) is 13.1 Å². The van der Waals surface area contributed by atoms with Gasteiger partial charge in [-0.1, -0.05) is 5.16 Å². The first kappa shape index (κ1) is 18.6. The first-order chi connectivity index (χ1) is 12.2. The molecule has 26 heavy (non-hydrogen) atoms. The average molecular weight is 370 g/mol. The number of hydrogen-bond acceptors (Lipinski definition) is 5. The van der Waals surface area contributed by atoms with Crippen LogP contribution in [-0.4, -0.2) is 32.9 Å². The maximum absolute atomic E-state index is 12.8. The van der Waals surface area contributed by atoms with Crippen molar-refractivity contribution in [2.45, 2.75) is 46.0 Å². The molecule has 0 bridgehead atoms. The second kappa shape index (κ2) is 7.22. The Labute approximate surface area is 148 Å². The van der Waals surface area contributed by atoms with E-state index in [2.05, 4.69) is 15.2 Å². The summed E-state index contributed by atoms with van der Waals surface area (Å²) in [6, 6.07) is 1.66. The highest BCUT2D eigenvalue weighted by Gasteiger charge is 2.33. The van der Waals surface area contributed by atoms with E-state index in [-0.39, 0.29) is 12.5 Å². The predicted molar refractivity (Wildman–Crippen MR) is 87.5 cm³/mol. The Morgan fingerprint density at radius 3 is 2.50 bits per heavy atom. The molecule has 0 amide bonds. The summed E-state index contributed by atoms with van der Waals surface area (Å²) in [7, 11) is 0. The van der Waals surface area contributed by atoms with Crippen LogP contribution < -0.4 is 5.56 Å². The van der Waals surface area contributed by atoms with Crippen molar-refractivity contribution in [3.05, 3.63) is 45.2 Å². The zero-order valence-corrected chi connectivity index (χ0v) is 14.7. The van der Waals surface area contributed by atoms with Crippen LogP contribution in [0.3, 0.4) is 0 Å². The Kier molecular flexibility index (Phi) is 5.17. The molecule has 2 aromatic heterocycles. The van der Waals surface area contributed by atoms with Crippen molar-refractivity contribution in [1.29, 1.82) is 0 Å². The lowest BCUT2D eigenvalue weighted by molar-refractivity contribution is -0.142. The highest BCUT2D eigenvalue weighted by Crippen LogP contribution is 2.27. The van der Waals surface area contributed by atoms with Gasteiger partial charge in [-0.05, 0) is 51.8 Å². The summed E-state index contributed by atoms with van der Waals surface area (Å²) in [5, 5.41) is 7.44. The molecule has 0 aromatic carbocycles. The Bertz CT molecular complexity index is 801. The molecular weight excluding hydrogens is 349 g/mol. The molecule has 3 heterocycles. The number of nitrogens with zero attached hydrogens (tertiary/aromatic N) is 4. The van der Waals surface area contributed by atoms with Gasteiger partial charge in [0.1, 0.15) is 5.76 Å². The quantitative estimate of drug-likeness (QED) is 0.828. The maximum atomic E-state index is 12.8. The zero-order chi connectivity index (χ0) is 18.9. The number of alkyl halides is 3. The number of aryl methyl sites for hydroxylation is 2. The fraction of sp³-hybridized carbons (Fsp3) is 0.588. The van der Waals surface area contributed by atoms with Crippen LogP contribution >= 0.6 is 0 Å². The van der Waals surface area contributed by atoms with E-state index >= 15 is 0 Å². The first-order valence-corrected chi connectivity index (χ1v) is 8.53. The van der Waals surface area contributed by atoms with E-state index in [0.29, 0.717) is 0 Å². The first-order valence-electron chi connectivity index (χ1n) is 8.53. The largest absolute Gasteiger partial charge is 0.435 e. The third-order valence-electron chi connectivity index (χ3n) is 4.86. The van der Waals surface area contributed by atoms with Gasteiger partial charge in [-0.2, -0.15) is 18.3 Å². The smallest absolute Gasteiger partial charge is 0.361 e. The van der Waals surface area contributed by atoms with E-state index in [1.165, 1.54) is 0 Å². The number of likely N-dealkylation sites (tertiary alicyclic amines) is 1. The van der Waals surface area contributed by atoms with Crippen molar-refractivity contribution in [1.82, 2.24) is 19.8 Å².